The van der Waals surface area contributed by atoms with Gasteiger partial charge in [0, 0.05) is 11.8 Å². The summed E-state index contributed by atoms with van der Waals surface area (Å²) < 4.78 is 5.72. The van der Waals surface area contributed by atoms with E-state index >= 15 is 0 Å². The van der Waals surface area contributed by atoms with Crippen molar-refractivity contribution in [1.82, 2.24) is 0 Å². The van der Waals surface area contributed by atoms with Gasteiger partial charge in [0.1, 0.15) is 5.75 Å². The second-order valence-electron chi connectivity index (χ2n) is 9.65. The zero-order valence-electron chi connectivity index (χ0n) is 21.8. The van der Waals surface area contributed by atoms with Gasteiger partial charge in [-0.25, -0.2) is 0 Å². The Morgan fingerprint density at radius 1 is 0.667 bits per heavy atom. The Kier molecular flexibility index (Phi) is 19.8. The number of ether oxygens (including phenoxy) is 1. The Bertz CT molecular complexity index is 599. The molecule has 0 atom stereocenters. The molecule has 0 bridgehead atoms. The molecule has 1 aromatic carbocycles. The van der Waals surface area contributed by atoms with E-state index in [1.54, 1.807) is 0 Å². The van der Waals surface area contributed by atoms with Crippen LogP contribution < -0.4 is 4.74 Å². The van der Waals surface area contributed by atoms with Crippen LogP contribution >= 0.6 is 15.9 Å². The molecule has 3 heteroatoms. The largest absolute Gasteiger partial charge is 0.427 e. The molecule has 0 aliphatic carbocycles. The van der Waals surface area contributed by atoms with E-state index in [0.29, 0.717) is 6.42 Å². The number of hydrogen-bond acceptors (Lipinski definition) is 2. The van der Waals surface area contributed by atoms with Crippen LogP contribution in [0.1, 0.15) is 141 Å². The first-order valence-corrected chi connectivity index (χ1v) is 15.2. The number of unbranched alkanes of at least 4 members (excludes halogenated alkanes) is 14. The monoisotopic (exact) mass is 522 g/mol. The summed E-state index contributed by atoms with van der Waals surface area (Å²) in [4.78, 5) is 12.3. The van der Waals surface area contributed by atoms with Crippen LogP contribution in [0.15, 0.2) is 18.2 Å². The fraction of sp³-hybridized carbons (Fsp3) is 0.767. The molecule has 0 unspecified atom stereocenters. The summed E-state index contributed by atoms with van der Waals surface area (Å²) >= 11 is 3.47. The fourth-order valence-electron chi connectivity index (χ4n) is 4.41. The highest BCUT2D eigenvalue weighted by Crippen LogP contribution is 2.23. The summed E-state index contributed by atoms with van der Waals surface area (Å²) in [6.45, 7) is 4.54. The number of rotatable bonds is 22. The SMILES string of the molecule is CCCCCCCCc1ccc(OC(=O)CCCCCCCBr)cc1CCCCCCCC. The molecule has 2 nitrogen and oxygen atoms in total. The summed E-state index contributed by atoms with van der Waals surface area (Å²) in [6.07, 6.45) is 24.4. The van der Waals surface area contributed by atoms with Crippen LogP contribution in [0.3, 0.4) is 0 Å². The van der Waals surface area contributed by atoms with Gasteiger partial charge in [0.25, 0.3) is 0 Å². The number of carbonyl (C=O) groups is 1. The van der Waals surface area contributed by atoms with Gasteiger partial charge in [-0.15, -0.1) is 0 Å². The number of esters is 1. The second kappa shape index (κ2) is 21.7. The van der Waals surface area contributed by atoms with E-state index in [9.17, 15) is 4.79 Å². The van der Waals surface area contributed by atoms with Crippen LogP contribution in [-0.4, -0.2) is 11.3 Å². The van der Waals surface area contributed by atoms with Gasteiger partial charge >= 0.3 is 5.97 Å². The van der Waals surface area contributed by atoms with Gasteiger partial charge in [-0.1, -0.05) is 119 Å². The first kappa shape index (κ1) is 30.2. The highest BCUT2D eigenvalue weighted by atomic mass is 79.9. The van der Waals surface area contributed by atoms with Crippen LogP contribution in [0.2, 0.25) is 0 Å². The average molecular weight is 524 g/mol. The van der Waals surface area contributed by atoms with Crippen molar-refractivity contribution in [2.75, 3.05) is 5.33 Å². The lowest BCUT2D eigenvalue weighted by atomic mass is 9.96. The van der Waals surface area contributed by atoms with Crippen LogP contribution in [0.5, 0.6) is 5.75 Å². The summed E-state index contributed by atoms with van der Waals surface area (Å²) in [5, 5.41) is 1.07. The number of benzene rings is 1. The first-order chi connectivity index (χ1) is 16.2. The third kappa shape index (κ3) is 16.4. The summed E-state index contributed by atoms with van der Waals surface area (Å²) in [7, 11) is 0. The topological polar surface area (TPSA) is 26.3 Å². The number of hydrogen-bond donors (Lipinski definition) is 0. The molecule has 0 aromatic heterocycles. The van der Waals surface area contributed by atoms with E-state index in [0.717, 1.165) is 36.8 Å². The highest BCUT2D eigenvalue weighted by Gasteiger charge is 2.09. The van der Waals surface area contributed by atoms with Gasteiger partial charge in [-0.3, -0.25) is 4.79 Å². The van der Waals surface area contributed by atoms with Crippen LogP contribution in [-0.2, 0) is 17.6 Å². The first-order valence-electron chi connectivity index (χ1n) is 14.1. The van der Waals surface area contributed by atoms with Gasteiger partial charge in [-0.2, -0.15) is 0 Å². The van der Waals surface area contributed by atoms with Gasteiger partial charge < -0.3 is 4.74 Å². The second-order valence-corrected chi connectivity index (χ2v) is 10.4. The smallest absolute Gasteiger partial charge is 0.311 e. The minimum absolute atomic E-state index is 0.0790. The Hall–Kier alpha value is -0.830. The number of carbonyl (C=O) groups excluding carboxylic acids is 1. The summed E-state index contributed by atoms with van der Waals surface area (Å²) in [6, 6.07) is 6.40. The molecule has 0 aliphatic heterocycles. The summed E-state index contributed by atoms with van der Waals surface area (Å²) in [5.74, 6) is 0.664. The molecule has 0 N–H and O–H groups in total. The Morgan fingerprint density at radius 3 is 1.79 bits per heavy atom. The molecule has 0 saturated heterocycles. The molecular weight excluding hydrogens is 472 g/mol. The van der Waals surface area contributed by atoms with Crippen molar-refractivity contribution in [3.63, 3.8) is 0 Å². The highest BCUT2D eigenvalue weighted by molar-refractivity contribution is 9.09. The maximum atomic E-state index is 12.3. The van der Waals surface area contributed by atoms with Crippen molar-refractivity contribution in [2.24, 2.45) is 0 Å². The Balaban J connectivity index is 2.53. The lowest BCUT2D eigenvalue weighted by Crippen LogP contribution is -2.08. The molecule has 33 heavy (non-hydrogen) atoms. The molecule has 190 valence electrons. The van der Waals surface area contributed by atoms with Crippen LogP contribution in [0, 0.1) is 0 Å². The van der Waals surface area contributed by atoms with Crippen LogP contribution in [0.25, 0.3) is 0 Å². The van der Waals surface area contributed by atoms with E-state index in [1.807, 2.05) is 6.07 Å². The minimum atomic E-state index is -0.0790. The van der Waals surface area contributed by atoms with Crippen molar-refractivity contribution in [3.8, 4) is 5.75 Å². The van der Waals surface area contributed by atoms with Crippen molar-refractivity contribution < 1.29 is 9.53 Å². The van der Waals surface area contributed by atoms with E-state index in [-0.39, 0.29) is 5.97 Å². The van der Waals surface area contributed by atoms with E-state index < -0.39 is 0 Å². The number of aryl methyl sites for hydroxylation is 2. The molecule has 0 radical (unpaired) electrons. The third-order valence-electron chi connectivity index (χ3n) is 6.52. The normalized spacial score (nSPS) is 11.1. The lowest BCUT2D eigenvalue weighted by molar-refractivity contribution is -0.134. The molecule has 0 spiro atoms. The van der Waals surface area contributed by atoms with E-state index in [4.69, 9.17) is 4.74 Å². The lowest BCUT2D eigenvalue weighted by Gasteiger charge is -2.13. The predicted molar refractivity (Wildman–Crippen MR) is 148 cm³/mol. The van der Waals surface area contributed by atoms with Gasteiger partial charge in [0.2, 0.25) is 0 Å². The van der Waals surface area contributed by atoms with E-state index in [2.05, 4.69) is 41.9 Å². The predicted octanol–water partition coefficient (Wildman–Crippen LogP) is 10.1. The zero-order valence-corrected chi connectivity index (χ0v) is 23.4. The Morgan fingerprint density at radius 2 is 1.18 bits per heavy atom. The van der Waals surface area contributed by atoms with E-state index in [1.165, 1.54) is 107 Å². The molecule has 0 saturated carbocycles. The molecule has 0 heterocycles. The van der Waals surface area contributed by atoms with Crippen molar-refractivity contribution >= 4 is 21.9 Å². The van der Waals surface area contributed by atoms with Crippen molar-refractivity contribution in [1.29, 1.82) is 0 Å². The molecule has 0 amide bonds. The quantitative estimate of drug-likeness (QED) is 0.0654. The minimum Gasteiger partial charge on any atom is -0.427 e. The average Bonchev–Trinajstić information content (AvgIpc) is 2.81. The molecular formula is C30H51BrO2. The van der Waals surface area contributed by atoms with Crippen molar-refractivity contribution in [2.45, 2.75) is 142 Å². The third-order valence-corrected chi connectivity index (χ3v) is 7.08. The van der Waals surface area contributed by atoms with Gasteiger partial charge in [0.05, 0.1) is 0 Å². The number of alkyl halides is 1. The molecule has 1 aromatic rings. The number of halogens is 1. The van der Waals surface area contributed by atoms with Crippen LogP contribution in [0.4, 0.5) is 0 Å². The standard InChI is InChI=1S/C30H51BrO2/c1-3-5-7-9-12-16-20-27-23-24-29(26-28(27)21-17-13-10-8-6-4-2)33-30(32)22-18-14-11-15-19-25-31/h23-24,26H,3-22,25H2,1-2H3. The fourth-order valence-corrected chi connectivity index (χ4v) is 4.81. The Labute approximate surface area is 213 Å². The van der Waals surface area contributed by atoms with Gasteiger partial charge in [-0.05, 0) is 61.8 Å². The maximum absolute atomic E-state index is 12.3. The van der Waals surface area contributed by atoms with Gasteiger partial charge in [0.15, 0.2) is 0 Å². The maximum Gasteiger partial charge on any atom is 0.311 e. The zero-order chi connectivity index (χ0) is 24.0. The molecule has 0 fully saturated rings. The molecule has 0 aliphatic rings. The molecule has 1 rings (SSSR count). The summed E-state index contributed by atoms with van der Waals surface area (Å²) in [5.41, 5.74) is 2.87. The van der Waals surface area contributed by atoms with Crippen molar-refractivity contribution in [3.05, 3.63) is 29.3 Å².